The summed E-state index contributed by atoms with van der Waals surface area (Å²) in [4.78, 5) is 20.4. The summed E-state index contributed by atoms with van der Waals surface area (Å²) in [5.41, 5.74) is 1.77. The summed E-state index contributed by atoms with van der Waals surface area (Å²) in [7, 11) is 0. The number of carbonyl (C=O) groups is 1. The number of nitrogens with zero attached hydrogens (tertiary/aromatic N) is 2. The molecular formula is C18H14BrN3O2. The number of amides is 1. The lowest BCUT2D eigenvalue weighted by molar-refractivity contribution is 0.155. The standard InChI is InChI=1S/C18H14BrN3O2/c19-15-8-4-7-14(11-15)17-20-10-9-16(21-17)22-18(23)24-12-13-5-2-1-3-6-13/h1-11H,12H2,(H,20,21,22,23). The van der Waals surface area contributed by atoms with Crippen LogP contribution in [-0.4, -0.2) is 16.1 Å². The number of aromatic nitrogens is 2. The average molecular weight is 384 g/mol. The van der Waals surface area contributed by atoms with Crippen molar-refractivity contribution in [1.82, 2.24) is 9.97 Å². The molecule has 5 nitrogen and oxygen atoms in total. The molecule has 0 atom stereocenters. The van der Waals surface area contributed by atoms with Crippen LogP contribution in [0.3, 0.4) is 0 Å². The van der Waals surface area contributed by atoms with Gasteiger partial charge < -0.3 is 4.74 Å². The number of carbonyl (C=O) groups excluding carboxylic acids is 1. The summed E-state index contributed by atoms with van der Waals surface area (Å²) in [5, 5.41) is 2.61. The SMILES string of the molecule is O=C(Nc1ccnc(-c2cccc(Br)c2)n1)OCc1ccccc1. The maximum Gasteiger partial charge on any atom is 0.413 e. The molecule has 120 valence electrons. The van der Waals surface area contributed by atoms with Gasteiger partial charge in [0.05, 0.1) is 0 Å². The highest BCUT2D eigenvalue weighted by molar-refractivity contribution is 9.10. The van der Waals surface area contributed by atoms with Crippen LogP contribution in [-0.2, 0) is 11.3 Å². The minimum Gasteiger partial charge on any atom is -0.444 e. The lowest BCUT2D eigenvalue weighted by atomic mass is 10.2. The maximum absolute atomic E-state index is 11.9. The van der Waals surface area contributed by atoms with Crippen molar-refractivity contribution >= 4 is 27.8 Å². The summed E-state index contributed by atoms with van der Waals surface area (Å²) in [6, 6.07) is 18.7. The van der Waals surface area contributed by atoms with Crippen molar-refractivity contribution in [1.29, 1.82) is 0 Å². The fraction of sp³-hybridized carbons (Fsp3) is 0.0556. The number of nitrogens with one attached hydrogen (secondary N) is 1. The number of rotatable bonds is 4. The first-order chi connectivity index (χ1) is 11.7. The van der Waals surface area contributed by atoms with Crippen molar-refractivity contribution in [2.45, 2.75) is 6.61 Å². The molecule has 0 bridgehead atoms. The van der Waals surface area contributed by atoms with Gasteiger partial charge in [0.1, 0.15) is 12.4 Å². The molecule has 6 heteroatoms. The van der Waals surface area contributed by atoms with E-state index >= 15 is 0 Å². The molecule has 3 rings (SSSR count). The Morgan fingerprint density at radius 2 is 1.92 bits per heavy atom. The summed E-state index contributed by atoms with van der Waals surface area (Å²) >= 11 is 3.42. The molecule has 0 aliphatic heterocycles. The van der Waals surface area contributed by atoms with Crippen LogP contribution in [0.5, 0.6) is 0 Å². The quantitative estimate of drug-likeness (QED) is 0.711. The van der Waals surface area contributed by atoms with Crippen LogP contribution in [0.15, 0.2) is 71.3 Å². The number of hydrogen-bond acceptors (Lipinski definition) is 4. The fourth-order valence-electron chi connectivity index (χ4n) is 2.06. The molecule has 0 spiro atoms. The Morgan fingerprint density at radius 3 is 2.71 bits per heavy atom. The molecule has 1 amide bonds. The normalized spacial score (nSPS) is 10.2. The van der Waals surface area contributed by atoms with Crippen LogP contribution < -0.4 is 5.32 Å². The van der Waals surface area contributed by atoms with E-state index < -0.39 is 6.09 Å². The van der Waals surface area contributed by atoms with Gasteiger partial charge >= 0.3 is 6.09 Å². The average Bonchev–Trinajstić information content (AvgIpc) is 2.61. The van der Waals surface area contributed by atoms with Crippen LogP contribution >= 0.6 is 15.9 Å². The third-order valence-electron chi connectivity index (χ3n) is 3.18. The lowest BCUT2D eigenvalue weighted by Crippen LogP contribution is -2.14. The van der Waals surface area contributed by atoms with Gasteiger partial charge in [0.25, 0.3) is 0 Å². The molecule has 0 saturated heterocycles. The van der Waals surface area contributed by atoms with Gasteiger partial charge in [0.15, 0.2) is 5.82 Å². The van der Waals surface area contributed by atoms with Crippen molar-refractivity contribution in [3.05, 3.63) is 76.9 Å². The zero-order chi connectivity index (χ0) is 16.8. The van der Waals surface area contributed by atoms with Crippen LogP contribution in [0.1, 0.15) is 5.56 Å². The first-order valence-electron chi connectivity index (χ1n) is 7.27. The minimum atomic E-state index is -0.558. The van der Waals surface area contributed by atoms with E-state index in [1.165, 1.54) is 0 Å². The van der Waals surface area contributed by atoms with E-state index in [1.807, 2.05) is 54.6 Å². The second-order valence-electron chi connectivity index (χ2n) is 4.96. The van der Waals surface area contributed by atoms with Gasteiger partial charge in [-0.15, -0.1) is 0 Å². The van der Waals surface area contributed by atoms with Crippen LogP contribution in [0.4, 0.5) is 10.6 Å². The second-order valence-corrected chi connectivity index (χ2v) is 5.88. The number of anilines is 1. The molecular weight excluding hydrogens is 370 g/mol. The van der Waals surface area contributed by atoms with E-state index in [9.17, 15) is 4.79 Å². The van der Waals surface area contributed by atoms with Gasteiger partial charge in [-0.1, -0.05) is 58.4 Å². The Morgan fingerprint density at radius 1 is 1.08 bits per heavy atom. The van der Waals surface area contributed by atoms with Crippen molar-refractivity contribution in [2.24, 2.45) is 0 Å². The van der Waals surface area contributed by atoms with Gasteiger partial charge in [-0.2, -0.15) is 0 Å². The minimum absolute atomic E-state index is 0.205. The molecule has 0 fully saturated rings. The Kier molecular flexibility index (Phi) is 5.18. The van der Waals surface area contributed by atoms with E-state index in [0.29, 0.717) is 11.6 Å². The molecule has 1 heterocycles. The highest BCUT2D eigenvalue weighted by Crippen LogP contribution is 2.20. The van der Waals surface area contributed by atoms with Crippen molar-refractivity contribution in [3.63, 3.8) is 0 Å². The van der Waals surface area contributed by atoms with Crippen LogP contribution in [0.25, 0.3) is 11.4 Å². The predicted molar refractivity (Wildman–Crippen MR) is 95.4 cm³/mol. The largest absolute Gasteiger partial charge is 0.444 e. The van der Waals surface area contributed by atoms with Crippen molar-refractivity contribution < 1.29 is 9.53 Å². The lowest BCUT2D eigenvalue weighted by Gasteiger charge is -2.07. The first kappa shape index (κ1) is 16.1. The molecule has 0 radical (unpaired) electrons. The number of hydrogen-bond donors (Lipinski definition) is 1. The maximum atomic E-state index is 11.9. The summed E-state index contributed by atoms with van der Waals surface area (Å²) in [5.74, 6) is 0.912. The monoisotopic (exact) mass is 383 g/mol. The topological polar surface area (TPSA) is 64.1 Å². The molecule has 0 unspecified atom stereocenters. The van der Waals surface area contributed by atoms with E-state index in [0.717, 1.165) is 15.6 Å². The zero-order valence-corrected chi connectivity index (χ0v) is 14.2. The van der Waals surface area contributed by atoms with E-state index in [-0.39, 0.29) is 6.61 Å². The molecule has 0 aliphatic rings. The molecule has 0 aliphatic carbocycles. The van der Waals surface area contributed by atoms with Gasteiger partial charge in [0.2, 0.25) is 0 Å². The molecule has 0 saturated carbocycles. The Labute approximate surface area is 147 Å². The highest BCUT2D eigenvalue weighted by Gasteiger charge is 2.07. The fourth-order valence-corrected chi connectivity index (χ4v) is 2.46. The van der Waals surface area contributed by atoms with Gasteiger partial charge in [-0.05, 0) is 23.8 Å². The second kappa shape index (κ2) is 7.70. The molecule has 1 aromatic heterocycles. The molecule has 1 N–H and O–H groups in total. The summed E-state index contributed by atoms with van der Waals surface area (Å²) in [6.07, 6.45) is 1.04. The van der Waals surface area contributed by atoms with Crippen LogP contribution in [0, 0.1) is 0 Å². The van der Waals surface area contributed by atoms with Crippen LogP contribution in [0.2, 0.25) is 0 Å². The predicted octanol–water partition coefficient (Wildman–Crippen LogP) is 4.65. The summed E-state index contributed by atoms with van der Waals surface area (Å²) in [6.45, 7) is 0.205. The third kappa shape index (κ3) is 4.39. The molecule has 3 aromatic rings. The van der Waals surface area contributed by atoms with E-state index in [2.05, 4.69) is 31.2 Å². The van der Waals surface area contributed by atoms with E-state index in [4.69, 9.17) is 4.74 Å². The highest BCUT2D eigenvalue weighted by atomic mass is 79.9. The van der Waals surface area contributed by atoms with Gasteiger partial charge in [-0.3, -0.25) is 5.32 Å². The van der Waals surface area contributed by atoms with Gasteiger partial charge in [-0.25, -0.2) is 14.8 Å². The summed E-state index contributed by atoms with van der Waals surface area (Å²) < 4.78 is 6.11. The van der Waals surface area contributed by atoms with E-state index in [1.54, 1.807) is 12.3 Å². The Bertz CT molecular complexity index is 840. The molecule has 2 aromatic carbocycles. The first-order valence-corrected chi connectivity index (χ1v) is 8.07. The number of halogens is 1. The smallest absolute Gasteiger partial charge is 0.413 e. The van der Waals surface area contributed by atoms with Crippen molar-refractivity contribution in [2.75, 3.05) is 5.32 Å². The van der Waals surface area contributed by atoms with Crippen molar-refractivity contribution in [3.8, 4) is 11.4 Å². The number of benzene rings is 2. The third-order valence-corrected chi connectivity index (χ3v) is 3.67. The van der Waals surface area contributed by atoms with Gasteiger partial charge in [0, 0.05) is 16.2 Å². The zero-order valence-electron chi connectivity index (χ0n) is 12.6. The Balaban J connectivity index is 1.65. The Hall–Kier alpha value is -2.73. The molecule has 24 heavy (non-hydrogen) atoms. The number of ether oxygens (including phenoxy) is 1.